The van der Waals surface area contributed by atoms with Gasteiger partial charge in [0, 0.05) is 11.4 Å². The van der Waals surface area contributed by atoms with Crippen LogP contribution in [0.25, 0.3) is 6.08 Å². The molecular weight excluding hydrogens is 502 g/mol. The molecular formula is C30H30ClN3O4. The first-order chi connectivity index (χ1) is 18.1. The molecule has 0 radical (unpaired) electrons. The van der Waals surface area contributed by atoms with E-state index in [1.165, 1.54) is 6.08 Å². The molecule has 2 N–H and O–H groups in total. The van der Waals surface area contributed by atoms with Crippen LogP contribution >= 0.6 is 11.6 Å². The number of carbonyl (C=O) groups excluding carboxylic acids is 2. The third-order valence-corrected chi connectivity index (χ3v) is 5.93. The molecule has 0 saturated heterocycles. The molecule has 0 aliphatic heterocycles. The lowest BCUT2D eigenvalue weighted by Crippen LogP contribution is -2.21. The van der Waals surface area contributed by atoms with E-state index in [1.54, 1.807) is 25.1 Å². The smallest absolute Gasteiger partial charge is 0.266 e. The fourth-order valence-electron chi connectivity index (χ4n) is 3.73. The van der Waals surface area contributed by atoms with E-state index in [-0.39, 0.29) is 34.6 Å². The van der Waals surface area contributed by atoms with Gasteiger partial charge >= 0.3 is 0 Å². The van der Waals surface area contributed by atoms with Crippen LogP contribution in [0, 0.1) is 39.0 Å². The molecule has 0 saturated carbocycles. The van der Waals surface area contributed by atoms with E-state index >= 15 is 0 Å². The maximum absolute atomic E-state index is 12.8. The maximum Gasteiger partial charge on any atom is 0.266 e. The molecule has 0 fully saturated rings. The molecule has 3 aromatic carbocycles. The number of hydrogen-bond acceptors (Lipinski definition) is 5. The van der Waals surface area contributed by atoms with Crippen molar-refractivity contribution < 1.29 is 19.1 Å². The Morgan fingerprint density at radius 1 is 0.921 bits per heavy atom. The zero-order valence-electron chi connectivity index (χ0n) is 22.1. The van der Waals surface area contributed by atoms with Gasteiger partial charge in [0.05, 0.1) is 11.6 Å². The first-order valence-electron chi connectivity index (χ1n) is 12.1. The van der Waals surface area contributed by atoms with Crippen LogP contribution in [0.1, 0.15) is 34.7 Å². The van der Waals surface area contributed by atoms with Gasteiger partial charge < -0.3 is 20.1 Å². The highest BCUT2D eigenvalue weighted by atomic mass is 35.5. The maximum atomic E-state index is 12.8. The molecule has 8 heteroatoms. The number of nitrogens with one attached hydrogen (secondary N) is 2. The standard InChI is InChI=1S/C30H30ClN3O4/c1-6-37-27-15-22(13-23(16-32)30(36)34-25-10-8-18(2)11-21(25)5)14-24(31)29(27)38-17-28(35)33-26-12-19(3)7-9-20(26)4/h7-15H,6,17H2,1-5H3,(H,33,35)(H,34,36)/b23-13+. The van der Waals surface area contributed by atoms with Gasteiger partial charge in [-0.2, -0.15) is 5.26 Å². The molecule has 38 heavy (non-hydrogen) atoms. The molecule has 3 rings (SSSR count). The number of anilines is 2. The number of nitriles is 1. The van der Waals surface area contributed by atoms with E-state index in [2.05, 4.69) is 10.6 Å². The molecule has 3 aromatic rings. The first kappa shape index (κ1) is 28.3. The third kappa shape index (κ3) is 7.37. The highest BCUT2D eigenvalue weighted by molar-refractivity contribution is 6.32. The van der Waals surface area contributed by atoms with Crippen molar-refractivity contribution >= 4 is 40.9 Å². The average Bonchev–Trinajstić information content (AvgIpc) is 2.86. The first-order valence-corrected chi connectivity index (χ1v) is 12.5. The van der Waals surface area contributed by atoms with Gasteiger partial charge in [-0.3, -0.25) is 9.59 Å². The minimum atomic E-state index is -0.544. The van der Waals surface area contributed by atoms with Crippen LogP contribution in [-0.2, 0) is 9.59 Å². The molecule has 7 nitrogen and oxygen atoms in total. The largest absolute Gasteiger partial charge is 0.490 e. The lowest BCUT2D eigenvalue weighted by Gasteiger charge is -2.15. The summed E-state index contributed by atoms with van der Waals surface area (Å²) in [6.07, 6.45) is 1.42. The Bertz CT molecular complexity index is 1440. The molecule has 196 valence electrons. The number of hydrogen-bond donors (Lipinski definition) is 2. The zero-order valence-corrected chi connectivity index (χ0v) is 22.8. The predicted octanol–water partition coefficient (Wildman–Crippen LogP) is 6.54. The fraction of sp³-hybridized carbons (Fsp3) is 0.233. The number of halogens is 1. The van der Waals surface area contributed by atoms with Crippen molar-refractivity contribution in [3.05, 3.63) is 86.9 Å². The Kier molecular flexibility index (Phi) is 9.53. The van der Waals surface area contributed by atoms with Crippen LogP contribution in [0.2, 0.25) is 5.02 Å². The number of benzene rings is 3. The van der Waals surface area contributed by atoms with Crippen molar-refractivity contribution in [1.82, 2.24) is 0 Å². The second-order valence-corrected chi connectivity index (χ2v) is 9.27. The summed E-state index contributed by atoms with van der Waals surface area (Å²) in [5, 5.41) is 15.4. The summed E-state index contributed by atoms with van der Waals surface area (Å²) in [5.74, 6) is -0.411. The summed E-state index contributed by atoms with van der Waals surface area (Å²) in [7, 11) is 0. The highest BCUT2D eigenvalue weighted by Gasteiger charge is 2.17. The fourth-order valence-corrected chi connectivity index (χ4v) is 4.00. The van der Waals surface area contributed by atoms with E-state index in [0.29, 0.717) is 23.5 Å². The summed E-state index contributed by atoms with van der Waals surface area (Å²) < 4.78 is 11.4. The highest BCUT2D eigenvalue weighted by Crippen LogP contribution is 2.37. The molecule has 0 aromatic heterocycles. The lowest BCUT2D eigenvalue weighted by molar-refractivity contribution is -0.118. The van der Waals surface area contributed by atoms with E-state index < -0.39 is 5.91 Å². The van der Waals surface area contributed by atoms with Crippen molar-refractivity contribution in [3.63, 3.8) is 0 Å². The van der Waals surface area contributed by atoms with Crippen LogP contribution in [0.15, 0.2) is 54.1 Å². The molecule has 0 bridgehead atoms. The Labute approximate surface area is 228 Å². The number of aryl methyl sites for hydroxylation is 4. The average molecular weight is 532 g/mol. The van der Waals surface area contributed by atoms with Crippen molar-refractivity contribution in [2.45, 2.75) is 34.6 Å². The van der Waals surface area contributed by atoms with Gasteiger partial charge in [-0.05, 0) is 87.2 Å². The van der Waals surface area contributed by atoms with Crippen LogP contribution in [0.5, 0.6) is 11.5 Å². The minimum Gasteiger partial charge on any atom is -0.490 e. The summed E-state index contributed by atoms with van der Waals surface area (Å²) >= 11 is 6.48. The summed E-state index contributed by atoms with van der Waals surface area (Å²) in [6, 6.07) is 16.5. The number of nitrogens with zero attached hydrogens (tertiary/aromatic N) is 1. The lowest BCUT2D eigenvalue weighted by atomic mass is 10.1. The zero-order chi connectivity index (χ0) is 27.8. The van der Waals surface area contributed by atoms with Gasteiger partial charge in [0.1, 0.15) is 11.6 Å². The second kappa shape index (κ2) is 12.8. The Morgan fingerprint density at radius 3 is 2.32 bits per heavy atom. The number of rotatable bonds is 9. The molecule has 0 aliphatic carbocycles. The predicted molar refractivity (Wildman–Crippen MR) is 151 cm³/mol. The number of ether oxygens (including phenoxy) is 2. The molecule has 0 aliphatic rings. The molecule has 0 unspecified atom stereocenters. The molecule has 0 spiro atoms. The summed E-state index contributed by atoms with van der Waals surface area (Å²) in [5.41, 5.74) is 5.61. The van der Waals surface area contributed by atoms with E-state index in [4.69, 9.17) is 21.1 Å². The summed E-state index contributed by atoms with van der Waals surface area (Å²) in [4.78, 5) is 25.3. The van der Waals surface area contributed by atoms with E-state index in [1.807, 2.05) is 64.1 Å². The quantitative estimate of drug-likeness (QED) is 0.241. The van der Waals surface area contributed by atoms with Gasteiger partial charge in [0.25, 0.3) is 11.8 Å². The normalized spacial score (nSPS) is 10.9. The Hall–Kier alpha value is -4.28. The SMILES string of the molecule is CCOc1cc(/C=C(\C#N)C(=O)Nc2ccc(C)cc2C)cc(Cl)c1OCC(=O)Nc1cc(C)ccc1C. The summed E-state index contributed by atoms with van der Waals surface area (Å²) in [6.45, 7) is 9.52. The molecule has 0 atom stereocenters. The topological polar surface area (TPSA) is 100 Å². The Balaban J connectivity index is 1.79. The van der Waals surface area contributed by atoms with Crippen LogP contribution in [-0.4, -0.2) is 25.0 Å². The third-order valence-electron chi connectivity index (χ3n) is 5.65. The minimum absolute atomic E-state index is 0.106. The van der Waals surface area contributed by atoms with E-state index in [9.17, 15) is 14.9 Å². The van der Waals surface area contributed by atoms with Crippen molar-refractivity contribution in [2.75, 3.05) is 23.8 Å². The van der Waals surface area contributed by atoms with Gasteiger partial charge in [-0.25, -0.2) is 0 Å². The van der Waals surface area contributed by atoms with Crippen LogP contribution < -0.4 is 20.1 Å². The van der Waals surface area contributed by atoms with Gasteiger partial charge in [0.2, 0.25) is 0 Å². The van der Waals surface area contributed by atoms with Gasteiger partial charge in [-0.1, -0.05) is 41.4 Å². The van der Waals surface area contributed by atoms with E-state index in [0.717, 1.165) is 22.3 Å². The molecule has 2 amide bonds. The van der Waals surface area contributed by atoms with Crippen molar-refractivity contribution in [3.8, 4) is 17.6 Å². The second-order valence-electron chi connectivity index (χ2n) is 8.86. The number of carbonyl (C=O) groups is 2. The monoisotopic (exact) mass is 531 g/mol. The Morgan fingerprint density at radius 2 is 1.63 bits per heavy atom. The van der Waals surface area contributed by atoms with Gasteiger partial charge in [0.15, 0.2) is 18.1 Å². The molecule has 0 heterocycles. The van der Waals surface area contributed by atoms with Crippen molar-refractivity contribution in [1.29, 1.82) is 5.26 Å². The van der Waals surface area contributed by atoms with Crippen LogP contribution in [0.4, 0.5) is 11.4 Å². The van der Waals surface area contributed by atoms with Gasteiger partial charge in [-0.15, -0.1) is 0 Å². The van der Waals surface area contributed by atoms with Crippen molar-refractivity contribution in [2.24, 2.45) is 0 Å². The van der Waals surface area contributed by atoms with Crippen LogP contribution in [0.3, 0.4) is 0 Å². The number of amides is 2.